The van der Waals surface area contributed by atoms with Crippen molar-refractivity contribution < 1.29 is 13.9 Å². The summed E-state index contributed by atoms with van der Waals surface area (Å²) in [7, 11) is 3.91. The van der Waals surface area contributed by atoms with Gasteiger partial charge in [0.05, 0.1) is 6.04 Å². The lowest BCUT2D eigenvalue weighted by molar-refractivity contribution is -0.123. The smallest absolute Gasteiger partial charge is 0.258 e. The number of ether oxygens (including phenoxy) is 1. The highest BCUT2D eigenvalue weighted by molar-refractivity contribution is 5.77. The lowest BCUT2D eigenvalue weighted by Gasteiger charge is -2.22. The Balaban J connectivity index is 1.83. The summed E-state index contributed by atoms with van der Waals surface area (Å²) in [5.74, 6) is 2.23. The van der Waals surface area contributed by atoms with Gasteiger partial charge in [-0.3, -0.25) is 9.69 Å². The molecule has 0 saturated carbocycles. The Labute approximate surface area is 130 Å². The fourth-order valence-corrected chi connectivity index (χ4v) is 2.10. The van der Waals surface area contributed by atoms with Crippen molar-refractivity contribution in [1.82, 2.24) is 10.2 Å². The molecule has 1 N–H and O–H groups in total. The zero-order chi connectivity index (χ0) is 15.9. The minimum atomic E-state index is -0.154. The van der Waals surface area contributed by atoms with Gasteiger partial charge in [0.2, 0.25) is 0 Å². The van der Waals surface area contributed by atoms with Crippen molar-refractivity contribution in [3.63, 3.8) is 0 Å². The zero-order valence-corrected chi connectivity index (χ0v) is 13.2. The molecule has 0 aliphatic carbocycles. The van der Waals surface area contributed by atoms with Crippen molar-refractivity contribution in [2.24, 2.45) is 0 Å². The Hall–Kier alpha value is -2.27. The van der Waals surface area contributed by atoms with Crippen molar-refractivity contribution in [1.29, 1.82) is 0 Å². The Morgan fingerprint density at radius 2 is 1.95 bits per heavy atom. The lowest BCUT2D eigenvalue weighted by Crippen LogP contribution is -2.36. The summed E-state index contributed by atoms with van der Waals surface area (Å²) in [5, 5.41) is 2.88. The number of nitrogens with zero attached hydrogens (tertiary/aromatic N) is 1. The molecule has 118 valence electrons. The summed E-state index contributed by atoms with van der Waals surface area (Å²) in [6.07, 6.45) is 0. The Bertz CT molecular complexity index is 593. The van der Waals surface area contributed by atoms with Gasteiger partial charge in [0, 0.05) is 6.54 Å². The van der Waals surface area contributed by atoms with E-state index in [1.807, 2.05) is 68.4 Å². The molecule has 1 aromatic heterocycles. The van der Waals surface area contributed by atoms with Crippen LogP contribution in [0.2, 0.25) is 0 Å². The molecule has 0 fully saturated rings. The average Bonchev–Trinajstić information content (AvgIpc) is 2.92. The number of para-hydroxylation sites is 1. The van der Waals surface area contributed by atoms with Gasteiger partial charge >= 0.3 is 0 Å². The molecule has 0 aliphatic heterocycles. The highest BCUT2D eigenvalue weighted by Gasteiger charge is 2.18. The second kappa shape index (κ2) is 7.66. The van der Waals surface area contributed by atoms with Crippen LogP contribution < -0.4 is 10.1 Å². The number of benzene rings is 1. The predicted octanol–water partition coefficient (Wildman–Crippen LogP) is 2.39. The number of aryl methyl sites for hydroxylation is 1. The van der Waals surface area contributed by atoms with Crippen molar-refractivity contribution in [2.75, 3.05) is 27.2 Å². The van der Waals surface area contributed by atoms with E-state index in [-0.39, 0.29) is 18.6 Å². The fraction of sp³-hybridized carbons (Fsp3) is 0.353. The number of nitrogens with one attached hydrogen (secondary N) is 1. The lowest BCUT2D eigenvalue weighted by atomic mass is 10.2. The van der Waals surface area contributed by atoms with Gasteiger partial charge in [-0.15, -0.1) is 0 Å². The van der Waals surface area contributed by atoms with E-state index < -0.39 is 0 Å². The van der Waals surface area contributed by atoms with Gasteiger partial charge in [-0.25, -0.2) is 0 Å². The van der Waals surface area contributed by atoms with Crippen LogP contribution >= 0.6 is 0 Å². The molecule has 2 aromatic rings. The second-order valence-corrected chi connectivity index (χ2v) is 5.33. The molecule has 0 saturated heterocycles. The van der Waals surface area contributed by atoms with E-state index in [0.717, 1.165) is 11.5 Å². The van der Waals surface area contributed by atoms with E-state index in [4.69, 9.17) is 9.15 Å². The molecule has 0 unspecified atom stereocenters. The van der Waals surface area contributed by atoms with E-state index in [0.29, 0.717) is 12.3 Å². The maximum atomic E-state index is 11.9. The third kappa shape index (κ3) is 4.63. The Morgan fingerprint density at radius 1 is 1.23 bits per heavy atom. The summed E-state index contributed by atoms with van der Waals surface area (Å²) in [5.41, 5.74) is 0. The highest BCUT2D eigenvalue weighted by atomic mass is 16.5. The standard InChI is InChI=1S/C17H22N2O3/c1-13-9-10-16(22-13)15(19(2)3)11-18-17(20)12-21-14-7-5-4-6-8-14/h4-10,15H,11-12H2,1-3H3,(H,18,20)/t15-/m0/s1. The van der Waals surface area contributed by atoms with Gasteiger partial charge in [-0.1, -0.05) is 18.2 Å². The van der Waals surface area contributed by atoms with Gasteiger partial charge in [-0.2, -0.15) is 0 Å². The van der Waals surface area contributed by atoms with Crippen LogP contribution in [0.1, 0.15) is 17.6 Å². The highest BCUT2D eigenvalue weighted by Crippen LogP contribution is 2.19. The predicted molar refractivity (Wildman–Crippen MR) is 84.8 cm³/mol. The first-order valence-electron chi connectivity index (χ1n) is 7.23. The van der Waals surface area contributed by atoms with E-state index >= 15 is 0 Å². The third-order valence-corrected chi connectivity index (χ3v) is 3.32. The SMILES string of the molecule is Cc1ccc([C@H](CNC(=O)COc2ccccc2)N(C)C)o1. The normalized spacial score (nSPS) is 12.2. The number of carbonyl (C=O) groups excluding carboxylic acids is 1. The maximum absolute atomic E-state index is 11.9. The van der Waals surface area contributed by atoms with Crippen LogP contribution in [0.5, 0.6) is 5.75 Å². The number of hydrogen-bond donors (Lipinski definition) is 1. The first kappa shape index (κ1) is 16.1. The number of likely N-dealkylation sites (N-methyl/N-ethyl adjacent to an activating group) is 1. The number of amides is 1. The molecule has 1 atom stereocenters. The van der Waals surface area contributed by atoms with Gasteiger partial charge in [0.1, 0.15) is 17.3 Å². The zero-order valence-electron chi connectivity index (χ0n) is 13.2. The van der Waals surface area contributed by atoms with Crippen molar-refractivity contribution >= 4 is 5.91 Å². The molecular weight excluding hydrogens is 280 g/mol. The molecule has 1 amide bonds. The first-order valence-corrected chi connectivity index (χ1v) is 7.23. The molecule has 0 bridgehead atoms. The number of hydrogen-bond acceptors (Lipinski definition) is 4. The third-order valence-electron chi connectivity index (χ3n) is 3.32. The molecule has 1 aromatic carbocycles. The van der Waals surface area contributed by atoms with E-state index in [1.165, 1.54) is 0 Å². The van der Waals surface area contributed by atoms with Crippen molar-refractivity contribution in [3.8, 4) is 5.75 Å². The van der Waals surface area contributed by atoms with Crippen LogP contribution in [0, 0.1) is 6.92 Å². The summed E-state index contributed by atoms with van der Waals surface area (Å²) in [6, 6.07) is 13.1. The van der Waals surface area contributed by atoms with E-state index in [1.54, 1.807) is 0 Å². The minimum absolute atomic E-state index is 0.00133. The molecule has 22 heavy (non-hydrogen) atoms. The molecule has 5 nitrogen and oxygen atoms in total. The molecule has 0 spiro atoms. The van der Waals surface area contributed by atoms with Crippen LogP contribution in [0.25, 0.3) is 0 Å². The number of carbonyl (C=O) groups is 1. The summed E-state index contributed by atoms with van der Waals surface area (Å²) in [6.45, 7) is 2.38. The van der Waals surface area contributed by atoms with E-state index in [9.17, 15) is 4.79 Å². The maximum Gasteiger partial charge on any atom is 0.258 e. The Kier molecular flexibility index (Phi) is 5.61. The van der Waals surface area contributed by atoms with Crippen LogP contribution in [-0.2, 0) is 4.79 Å². The van der Waals surface area contributed by atoms with Crippen molar-refractivity contribution in [3.05, 3.63) is 54.0 Å². The summed E-state index contributed by atoms with van der Waals surface area (Å²) in [4.78, 5) is 13.9. The molecule has 5 heteroatoms. The van der Waals surface area contributed by atoms with Crippen LogP contribution in [0.4, 0.5) is 0 Å². The molecule has 1 heterocycles. The van der Waals surface area contributed by atoms with Gasteiger partial charge in [-0.05, 0) is 45.3 Å². The second-order valence-electron chi connectivity index (χ2n) is 5.33. The van der Waals surface area contributed by atoms with Crippen LogP contribution in [0.3, 0.4) is 0 Å². The van der Waals surface area contributed by atoms with Gasteiger partial charge < -0.3 is 14.5 Å². The van der Waals surface area contributed by atoms with Crippen LogP contribution in [0.15, 0.2) is 46.9 Å². The first-order chi connectivity index (χ1) is 10.6. The van der Waals surface area contributed by atoms with E-state index in [2.05, 4.69) is 5.32 Å². The Morgan fingerprint density at radius 3 is 2.55 bits per heavy atom. The number of furan rings is 1. The molecule has 0 radical (unpaired) electrons. The monoisotopic (exact) mass is 302 g/mol. The minimum Gasteiger partial charge on any atom is -0.484 e. The number of rotatable bonds is 7. The molecular formula is C17H22N2O3. The van der Waals surface area contributed by atoms with Gasteiger partial charge in [0.25, 0.3) is 5.91 Å². The quantitative estimate of drug-likeness (QED) is 0.853. The van der Waals surface area contributed by atoms with Crippen molar-refractivity contribution in [2.45, 2.75) is 13.0 Å². The largest absolute Gasteiger partial charge is 0.484 e. The summed E-state index contributed by atoms with van der Waals surface area (Å²) >= 11 is 0. The topological polar surface area (TPSA) is 54.7 Å². The molecule has 2 rings (SSSR count). The summed E-state index contributed by atoms with van der Waals surface area (Å²) < 4.78 is 11.1. The van der Waals surface area contributed by atoms with Crippen LogP contribution in [-0.4, -0.2) is 38.1 Å². The van der Waals surface area contributed by atoms with Gasteiger partial charge in [0.15, 0.2) is 6.61 Å². The fourth-order valence-electron chi connectivity index (χ4n) is 2.10. The average molecular weight is 302 g/mol. The molecule has 0 aliphatic rings.